The number of Topliss-reactive ketones (excluding diaryl/α,β-unsaturated/α-hetero) is 1. The molecule has 0 aromatic rings. The van der Waals surface area contributed by atoms with Gasteiger partial charge in [0.25, 0.3) is 0 Å². The summed E-state index contributed by atoms with van der Waals surface area (Å²) in [6.07, 6.45) is 13.3. The fourth-order valence-corrected chi connectivity index (χ4v) is 4.36. The summed E-state index contributed by atoms with van der Waals surface area (Å²) < 4.78 is 5.56. The Kier molecular flexibility index (Phi) is 9.35. The van der Waals surface area contributed by atoms with E-state index in [1.54, 1.807) is 6.08 Å². The van der Waals surface area contributed by atoms with E-state index in [9.17, 15) is 14.7 Å². The van der Waals surface area contributed by atoms with Crippen LogP contribution in [0.1, 0.15) is 59.3 Å². The maximum absolute atomic E-state index is 12.3. The zero-order valence-corrected chi connectivity index (χ0v) is 19.3. The molecule has 1 heterocycles. The van der Waals surface area contributed by atoms with Crippen molar-refractivity contribution in [2.24, 2.45) is 5.92 Å². The van der Waals surface area contributed by atoms with Crippen LogP contribution in [0, 0.1) is 5.92 Å². The van der Waals surface area contributed by atoms with E-state index in [0.29, 0.717) is 5.92 Å². The standard InChI is InChI=1S/C23H31Cl2NO4/c1-4-5-6-7-8-15(2)11-16(3)9-10-20(27)26-19-14-23(30-22(19)29)12-17(24)21(28)18(25)13-23/h9-13,15,19,22,29H,4-8,14H2,1-3H3,(H,26,27). The SMILES string of the molecule is CCCCCCC(C)C=C(C)C=CC(=O)NC1CC2(C=C(Cl)C(=O)C(Cl)=C2)OC1O. The molecule has 0 radical (unpaired) electrons. The molecule has 0 aromatic heterocycles. The fourth-order valence-electron chi connectivity index (χ4n) is 3.74. The fraction of sp³-hybridized carbons (Fsp3) is 0.565. The number of unbranched alkanes of at least 4 members (excludes halogenated alkanes) is 3. The van der Waals surface area contributed by atoms with Gasteiger partial charge in [-0.2, -0.15) is 0 Å². The topological polar surface area (TPSA) is 75.6 Å². The van der Waals surface area contributed by atoms with Gasteiger partial charge >= 0.3 is 0 Å². The molecule has 2 N–H and O–H groups in total. The molecule has 1 spiro atoms. The molecule has 166 valence electrons. The summed E-state index contributed by atoms with van der Waals surface area (Å²) in [5.74, 6) is -0.360. The van der Waals surface area contributed by atoms with Gasteiger partial charge in [-0.25, -0.2) is 0 Å². The maximum atomic E-state index is 12.3. The number of ether oxygens (including phenoxy) is 1. The van der Waals surface area contributed by atoms with Crippen molar-refractivity contribution < 1.29 is 19.4 Å². The lowest BCUT2D eigenvalue weighted by molar-refractivity contribution is -0.126. The van der Waals surface area contributed by atoms with E-state index in [1.807, 2.05) is 6.92 Å². The van der Waals surface area contributed by atoms with Crippen LogP contribution in [0.5, 0.6) is 0 Å². The average Bonchev–Trinajstić information content (AvgIpc) is 2.96. The van der Waals surface area contributed by atoms with Crippen molar-refractivity contribution in [3.63, 3.8) is 0 Å². The molecule has 1 amide bonds. The Labute approximate surface area is 188 Å². The van der Waals surface area contributed by atoms with Gasteiger partial charge < -0.3 is 15.2 Å². The lowest BCUT2D eigenvalue weighted by atomic mass is 9.92. The summed E-state index contributed by atoms with van der Waals surface area (Å²) in [5.41, 5.74) is -0.0883. The van der Waals surface area contributed by atoms with Crippen LogP contribution < -0.4 is 5.32 Å². The van der Waals surface area contributed by atoms with Crippen LogP contribution in [0.2, 0.25) is 0 Å². The number of halogens is 2. The van der Waals surface area contributed by atoms with E-state index in [2.05, 4.69) is 25.2 Å². The molecule has 0 saturated carbocycles. The third-order valence-electron chi connectivity index (χ3n) is 5.28. The third kappa shape index (κ3) is 7.09. The van der Waals surface area contributed by atoms with Gasteiger partial charge in [0.2, 0.25) is 11.7 Å². The van der Waals surface area contributed by atoms with Crippen LogP contribution in [-0.4, -0.2) is 34.7 Å². The molecule has 5 nitrogen and oxygen atoms in total. The van der Waals surface area contributed by atoms with Crippen LogP contribution in [0.15, 0.2) is 46.0 Å². The number of amides is 1. The molecule has 3 atom stereocenters. The quantitative estimate of drug-likeness (QED) is 0.295. The Balaban J connectivity index is 1.89. The highest BCUT2D eigenvalue weighted by Crippen LogP contribution is 2.39. The van der Waals surface area contributed by atoms with Gasteiger partial charge in [0.05, 0.1) is 16.1 Å². The lowest BCUT2D eigenvalue weighted by Gasteiger charge is -2.24. The highest BCUT2D eigenvalue weighted by Gasteiger charge is 2.46. The van der Waals surface area contributed by atoms with Gasteiger partial charge in [-0.05, 0) is 31.4 Å². The Morgan fingerprint density at radius 2 is 1.97 bits per heavy atom. The molecule has 1 fully saturated rings. The van der Waals surface area contributed by atoms with Crippen molar-refractivity contribution in [1.29, 1.82) is 0 Å². The van der Waals surface area contributed by atoms with Crippen molar-refractivity contribution >= 4 is 34.9 Å². The smallest absolute Gasteiger partial charge is 0.244 e. The second-order valence-corrected chi connectivity index (χ2v) is 8.98. The summed E-state index contributed by atoms with van der Waals surface area (Å²) in [5, 5.41) is 12.8. The molecule has 1 saturated heterocycles. The molecule has 3 unspecified atom stereocenters. The van der Waals surface area contributed by atoms with Crippen LogP contribution in [-0.2, 0) is 14.3 Å². The van der Waals surface area contributed by atoms with Gasteiger partial charge in [0, 0.05) is 12.5 Å². The molecule has 0 bridgehead atoms. The number of hydrogen-bond acceptors (Lipinski definition) is 4. The second kappa shape index (κ2) is 11.3. The van der Waals surface area contributed by atoms with E-state index >= 15 is 0 Å². The van der Waals surface area contributed by atoms with Gasteiger partial charge in [-0.1, -0.05) is 80.5 Å². The van der Waals surface area contributed by atoms with E-state index in [1.165, 1.54) is 43.9 Å². The summed E-state index contributed by atoms with van der Waals surface area (Å²) in [4.78, 5) is 24.0. The van der Waals surface area contributed by atoms with Crippen molar-refractivity contribution in [2.45, 2.75) is 77.2 Å². The van der Waals surface area contributed by atoms with E-state index < -0.39 is 23.7 Å². The number of aliphatic hydroxyl groups excluding tert-OH is 1. The number of allylic oxidation sites excluding steroid dienone is 5. The Morgan fingerprint density at radius 1 is 1.30 bits per heavy atom. The van der Waals surface area contributed by atoms with Crippen molar-refractivity contribution in [3.8, 4) is 0 Å². The minimum atomic E-state index is -1.24. The van der Waals surface area contributed by atoms with E-state index in [4.69, 9.17) is 27.9 Å². The van der Waals surface area contributed by atoms with Crippen molar-refractivity contribution in [1.82, 2.24) is 5.32 Å². The summed E-state index contributed by atoms with van der Waals surface area (Å²) in [6, 6.07) is -0.654. The van der Waals surface area contributed by atoms with Crippen molar-refractivity contribution in [3.05, 3.63) is 46.0 Å². The number of carbonyl (C=O) groups is 2. The number of aliphatic hydroxyl groups is 1. The molecular formula is C23H31Cl2NO4. The summed E-state index contributed by atoms with van der Waals surface area (Å²) in [7, 11) is 0. The number of nitrogens with one attached hydrogen (secondary N) is 1. The van der Waals surface area contributed by atoms with E-state index in [-0.39, 0.29) is 22.4 Å². The monoisotopic (exact) mass is 455 g/mol. The minimum Gasteiger partial charge on any atom is -0.366 e. The van der Waals surface area contributed by atoms with Crippen LogP contribution >= 0.6 is 23.2 Å². The number of rotatable bonds is 9. The normalized spacial score (nSPS) is 24.9. The molecule has 0 aromatic carbocycles. The van der Waals surface area contributed by atoms with Gasteiger partial charge in [-0.3, -0.25) is 9.59 Å². The first-order valence-electron chi connectivity index (χ1n) is 10.5. The number of hydrogen-bond donors (Lipinski definition) is 2. The highest BCUT2D eigenvalue weighted by atomic mass is 35.5. The highest BCUT2D eigenvalue weighted by molar-refractivity contribution is 6.55. The van der Waals surface area contributed by atoms with Crippen LogP contribution in [0.3, 0.4) is 0 Å². The molecule has 1 aliphatic carbocycles. The largest absolute Gasteiger partial charge is 0.366 e. The number of carbonyl (C=O) groups excluding carboxylic acids is 2. The summed E-state index contributed by atoms with van der Waals surface area (Å²) >= 11 is 11.9. The Bertz CT molecular complexity index is 747. The Hall–Kier alpha value is -1.40. The molecule has 1 aliphatic heterocycles. The lowest BCUT2D eigenvalue weighted by Crippen LogP contribution is -2.39. The predicted octanol–water partition coefficient (Wildman–Crippen LogP) is 4.89. The van der Waals surface area contributed by atoms with Gasteiger partial charge in [0.1, 0.15) is 5.60 Å². The zero-order valence-electron chi connectivity index (χ0n) is 17.8. The van der Waals surface area contributed by atoms with Gasteiger partial charge in [-0.15, -0.1) is 0 Å². The molecular weight excluding hydrogens is 425 g/mol. The Morgan fingerprint density at radius 3 is 2.60 bits per heavy atom. The van der Waals surface area contributed by atoms with E-state index in [0.717, 1.165) is 12.0 Å². The molecule has 2 rings (SSSR count). The van der Waals surface area contributed by atoms with Crippen LogP contribution in [0.25, 0.3) is 0 Å². The first-order valence-corrected chi connectivity index (χ1v) is 11.3. The van der Waals surface area contributed by atoms with Gasteiger partial charge in [0.15, 0.2) is 6.29 Å². The van der Waals surface area contributed by atoms with Crippen molar-refractivity contribution in [2.75, 3.05) is 0 Å². The zero-order chi connectivity index (χ0) is 22.3. The first-order chi connectivity index (χ1) is 14.2. The minimum absolute atomic E-state index is 0.0638. The first kappa shape index (κ1) is 24.9. The summed E-state index contributed by atoms with van der Waals surface area (Å²) in [6.45, 7) is 6.35. The molecule has 30 heavy (non-hydrogen) atoms. The predicted molar refractivity (Wildman–Crippen MR) is 120 cm³/mol. The van der Waals surface area contributed by atoms with Crippen LogP contribution in [0.4, 0.5) is 0 Å². The second-order valence-electron chi connectivity index (χ2n) is 8.17. The molecule has 7 heteroatoms. The average molecular weight is 456 g/mol. The maximum Gasteiger partial charge on any atom is 0.244 e. The third-order valence-corrected chi connectivity index (χ3v) is 5.85. The number of ketones is 1. The molecule has 2 aliphatic rings.